The summed E-state index contributed by atoms with van der Waals surface area (Å²) >= 11 is 1.57. The lowest BCUT2D eigenvalue weighted by molar-refractivity contribution is -0.136. The summed E-state index contributed by atoms with van der Waals surface area (Å²) < 4.78 is 4.99. The largest absolute Gasteiger partial charge is 0.375 e. The van der Waals surface area contributed by atoms with Gasteiger partial charge in [0.2, 0.25) is 5.91 Å². The van der Waals surface area contributed by atoms with Gasteiger partial charge in [0.25, 0.3) is 0 Å². The second kappa shape index (κ2) is 7.23. The average Bonchev–Trinajstić information content (AvgIpc) is 3.16. The molecular weight excluding hydrogens is 326 g/mol. The zero-order valence-corrected chi connectivity index (χ0v) is 14.9. The number of anilines is 2. The van der Waals surface area contributed by atoms with Gasteiger partial charge >= 0.3 is 0 Å². The van der Waals surface area contributed by atoms with Gasteiger partial charge in [-0.1, -0.05) is 0 Å². The first-order chi connectivity index (χ1) is 11.6. The molecule has 2 aromatic heterocycles. The van der Waals surface area contributed by atoms with E-state index >= 15 is 0 Å². The monoisotopic (exact) mass is 347 g/mol. The highest BCUT2D eigenvalue weighted by Crippen LogP contribution is 2.32. The summed E-state index contributed by atoms with van der Waals surface area (Å²) in [6.07, 6.45) is 3.70. The summed E-state index contributed by atoms with van der Waals surface area (Å²) in [4.78, 5) is 28.5. The summed E-state index contributed by atoms with van der Waals surface area (Å²) in [6.45, 7) is 4.71. The van der Waals surface area contributed by atoms with E-state index in [1.165, 1.54) is 7.11 Å². The van der Waals surface area contributed by atoms with Crippen LogP contribution in [0, 0.1) is 13.8 Å². The van der Waals surface area contributed by atoms with Crippen LogP contribution in [0.1, 0.15) is 35.3 Å². The number of nitrogens with one attached hydrogen (secondary N) is 1. The molecule has 0 aromatic carbocycles. The minimum atomic E-state index is -0.0204. The van der Waals surface area contributed by atoms with Gasteiger partial charge in [-0.2, -0.15) is 0 Å². The molecule has 0 bridgehead atoms. The minimum Gasteiger partial charge on any atom is -0.375 e. The Labute approximate surface area is 145 Å². The van der Waals surface area contributed by atoms with Gasteiger partial charge < -0.3 is 15.0 Å². The number of amides is 1. The number of methoxy groups -OCH3 is 1. The number of nitrogens with zero attached hydrogens (tertiary/aromatic N) is 4. The molecule has 8 heteroatoms. The Balaban J connectivity index is 1.83. The summed E-state index contributed by atoms with van der Waals surface area (Å²) in [5.74, 6) is 1.38. The number of likely N-dealkylation sites (tertiary alicyclic amines) is 1. The molecule has 0 saturated carbocycles. The number of carbonyl (C=O) groups excluding carboxylic acids is 1. The molecule has 1 amide bonds. The molecule has 3 heterocycles. The van der Waals surface area contributed by atoms with E-state index in [4.69, 9.17) is 4.74 Å². The van der Waals surface area contributed by atoms with Gasteiger partial charge in [0, 0.05) is 30.8 Å². The molecule has 2 aromatic rings. The third kappa shape index (κ3) is 3.70. The summed E-state index contributed by atoms with van der Waals surface area (Å²) in [6, 6.07) is 1.89. The molecule has 1 saturated heterocycles. The van der Waals surface area contributed by atoms with Gasteiger partial charge in [0.05, 0.1) is 11.7 Å². The summed E-state index contributed by atoms with van der Waals surface area (Å²) in [7, 11) is 1.54. The number of hydrogen-bond donors (Lipinski definition) is 1. The Bertz CT molecular complexity index is 733. The van der Waals surface area contributed by atoms with E-state index in [-0.39, 0.29) is 18.6 Å². The number of hydrogen-bond acceptors (Lipinski definition) is 7. The van der Waals surface area contributed by atoms with Crippen LogP contribution < -0.4 is 5.32 Å². The SMILES string of the molecule is COCC(=O)N1CCC[C@H]1c1cc(Nc2ncc(C)s2)nc(C)n1. The van der Waals surface area contributed by atoms with Crippen LogP contribution in [0.15, 0.2) is 12.3 Å². The van der Waals surface area contributed by atoms with Gasteiger partial charge in [-0.05, 0) is 26.7 Å². The lowest BCUT2D eigenvalue weighted by Gasteiger charge is -2.24. The average molecular weight is 347 g/mol. The Morgan fingerprint density at radius 2 is 2.29 bits per heavy atom. The number of aryl methyl sites for hydroxylation is 2. The van der Waals surface area contributed by atoms with Crippen molar-refractivity contribution < 1.29 is 9.53 Å². The van der Waals surface area contributed by atoms with E-state index in [2.05, 4.69) is 20.3 Å². The Morgan fingerprint density at radius 3 is 3.00 bits per heavy atom. The highest BCUT2D eigenvalue weighted by molar-refractivity contribution is 7.15. The van der Waals surface area contributed by atoms with Crippen LogP contribution in [0.5, 0.6) is 0 Å². The topological polar surface area (TPSA) is 80.2 Å². The van der Waals surface area contributed by atoms with Crippen LogP contribution in [0.3, 0.4) is 0 Å². The van der Waals surface area contributed by atoms with Crippen LogP contribution in [-0.4, -0.2) is 46.0 Å². The molecular formula is C16H21N5O2S. The number of rotatable bonds is 5. The maximum Gasteiger partial charge on any atom is 0.249 e. The highest BCUT2D eigenvalue weighted by atomic mass is 32.1. The minimum absolute atomic E-state index is 0.00122. The summed E-state index contributed by atoms with van der Waals surface area (Å²) in [5.41, 5.74) is 0.861. The van der Waals surface area contributed by atoms with Gasteiger partial charge in [-0.15, -0.1) is 11.3 Å². The van der Waals surface area contributed by atoms with Crippen molar-refractivity contribution >= 4 is 28.2 Å². The van der Waals surface area contributed by atoms with Crippen molar-refractivity contribution in [1.29, 1.82) is 0 Å². The molecule has 1 N–H and O–H groups in total. The molecule has 7 nitrogen and oxygen atoms in total. The van der Waals surface area contributed by atoms with E-state index in [9.17, 15) is 4.79 Å². The van der Waals surface area contributed by atoms with Gasteiger partial charge in [0.15, 0.2) is 5.13 Å². The van der Waals surface area contributed by atoms with Crippen molar-refractivity contribution in [3.63, 3.8) is 0 Å². The van der Waals surface area contributed by atoms with E-state index < -0.39 is 0 Å². The smallest absolute Gasteiger partial charge is 0.249 e. The van der Waals surface area contributed by atoms with E-state index in [0.29, 0.717) is 11.6 Å². The van der Waals surface area contributed by atoms with Crippen LogP contribution in [-0.2, 0) is 9.53 Å². The van der Waals surface area contributed by atoms with Crippen molar-refractivity contribution in [2.45, 2.75) is 32.7 Å². The maximum absolute atomic E-state index is 12.2. The van der Waals surface area contributed by atoms with Crippen molar-refractivity contribution in [2.24, 2.45) is 0 Å². The van der Waals surface area contributed by atoms with Gasteiger partial charge in [-0.25, -0.2) is 15.0 Å². The normalized spacial score (nSPS) is 17.3. The Morgan fingerprint density at radius 1 is 1.46 bits per heavy atom. The third-order valence-electron chi connectivity index (χ3n) is 3.90. The molecule has 24 heavy (non-hydrogen) atoms. The second-order valence-electron chi connectivity index (χ2n) is 5.80. The molecule has 1 aliphatic rings. The zero-order valence-electron chi connectivity index (χ0n) is 14.1. The van der Waals surface area contributed by atoms with Crippen molar-refractivity contribution in [3.05, 3.63) is 28.7 Å². The van der Waals surface area contributed by atoms with Crippen LogP contribution in [0.25, 0.3) is 0 Å². The van der Waals surface area contributed by atoms with Crippen molar-refractivity contribution in [2.75, 3.05) is 25.6 Å². The number of aromatic nitrogens is 3. The zero-order chi connectivity index (χ0) is 17.1. The number of carbonyl (C=O) groups is 1. The van der Waals surface area contributed by atoms with Crippen LogP contribution in [0.2, 0.25) is 0 Å². The lowest BCUT2D eigenvalue weighted by Crippen LogP contribution is -2.33. The Hall–Kier alpha value is -2.06. The van der Waals surface area contributed by atoms with Crippen molar-refractivity contribution in [1.82, 2.24) is 19.9 Å². The van der Waals surface area contributed by atoms with Crippen LogP contribution >= 0.6 is 11.3 Å². The van der Waals surface area contributed by atoms with Crippen LogP contribution in [0.4, 0.5) is 10.9 Å². The standard InChI is InChI=1S/C16H21N5O2S/c1-10-8-17-16(24-10)20-14-7-12(18-11(2)19-14)13-5-4-6-21(13)15(22)9-23-3/h7-8,13H,4-6,9H2,1-3H3,(H,17,18,19,20)/t13-/m0/s1. The number of ether oxygens (including phenoxy) is 1. The predicted molar refractivity (Wildman–Crippen MR) is 92.5 cm³/mol. The number of thiazole rings is 1. The first kappa shape index (κ1) is 16.8. The van der Waals surface area contributed by atoms with Gasteiger partial charge in [-0.3, -0.25) is 4.79 Å². The molecule has 0 radical (unpaired) electrons. The first-order valence-corrected chi connectivity index (χ1v) is 8.72. The quantitative estimate of drug-likeness (QED) is 0.895. The molecule has 0 spiro atoms. The molecule has 1 atom stereocenters. The first-order valence-electron chi connectivity index (χ1n) is 7.90. The van der Waals surface area contributed by atoms with E-state index in [1.807, 2.05) is 31.0 Å². The fourth-order valence-electron chi connectivity index (χ4n) is 2.93. The van der Waals surface area contributed by atoms with E-state index in [0.717, 1.165) is 35.1 Å². The molecule has 0 aliphatic carbocycles. The second-order valence-corrected chi connectivity index (χ2v) is 7.04. The molecule has 1 fully saturated rings. The lowest BCUT2D eigenvalue weighted by atomic mass is 10.1. The van der Waals surface area contributed by atoms with E-state index in [1.54, 1.807) is 11.3 Å². The Kier molecular flexibility index (Phi) is 5.06. The molecule has 1 aliphatic heterocycles. The maximum atomic E-state index is 12.2. The molecule has 3 rings (SSSR count). The fraction of sp³-hybridized carbons (Fsp3) is 0.500. The molecule has 128 valence electrons. The predicted octanol–water partition coefficient (Wildman–Crippen LogP) is 2.60. The third-order valence-corrected chi connectivity index (χ3v) is 4.72. The summed E-state index contributed by atoms with van der Waals surface area (Å²) in [5, 5.41) is 4.03. The van der Waals surface area contributed by atoms with Crippen molar-refractivity contribution in [3.8, 4) is 0 Å². The van der Waals surface area contributed by atoms with Gasteiger partial charge in [0.1, 0.15) is 18.2 Å². The highest BCUT2D eigenvalue weighted by Gasteiger charge is 2.31. The molecule has 0 unspecified atom stereocenters. The fourth-order valence-corrected chi connectivity index (χ4v) is 3.60.